The molecule has 0 bridgehead atoms. The Labute approximate surface area is 207 Å². The summed E-state index contributed by atoms with van der Waals surface area (Å²) in [5.74, 6) is 2.21. The van der Waals surface area contributed by atoms with Crippen LogP contribution in [0.5, 0.6) is 17.2 Å². The molecule has 1 atom stereocenters. The number of ether oxygens (including phenoxy) is 2. The number of rotatable bonds is 18. The van der Waals surface area contributed by atoms with E-state index in [1.54, 1.807) is 12.3 Å². The van der Waals surface area contributed by atoms with Gasteiger partial charge >= 0.3 is 0 Å². The first kappa shape index (κ1) is 27.8. The van der Waals surface area contributed by atoms with Gasteiger partial charge in [-0.2, -0.15) is 0 Å². The van der Waals surface area contributed by atoms with Gasteiger partial charge in [0.15, 0.2) is 0 Å². The fraction of sp³-hybridized carbons (Fsp3) is 0.567. The van der Waals surface area contributed by atoms with Crippen molar-refractivity contribution in [2.24, 2.45) is 10.9 Å². The summed E-state index contributed by atoms with van der Waals surface area (Å²) in [6.45, 7) is 7.97. The molecular formula is C30H45NO3. The molecule has 0 saturated carbocycles. The number of phenolic OH excluding ortho intramolecular Hbond substituents is 1. The Balaban J connectivity index is 1.65. The Hall–Kier alpha value is -2.49. The molecule has 34 heavy (non-hydrogen) atoms. The number of aliphatic imine (C=N–C) groups is 1. The number of unbranched alkanes of at least 4 members (excludes halogenated alkanes) is 9. The normalized spacial score (nSPS) is 12.2. The van der Waals surface area contributed by atoms with Gasteiger partial charge in [-0.25, -0.2) is 0 Å². The van der Waals surface area contributed by atoms with Gasteiger partial charge in [0.1, 0.15) is 17.2 Å². The second-order valence-electron chi connectivity index (χ2n) is 9.33. The lowest BCUT2D eigenvalue weighted by Gasteiger charge is -2.11. The highest BCUT2D eigenvalue weighted by Crippen LogP contribution is 2.24. The van der Waals surface area contributed by atoms with E-state index in [1.165, 1.54) is 57.8 Å². The lowest BCUT2D eigenvalue weighted by Crippen LogP contribution is -2.07. The van der Waals surface area contributed by atoms with Gasteiger partial charge < -0.3 is 14.6 Å². The summed E-state index contributed by atoms with van der Waals surface area (Å²) < 4.78 is 11.6. The Bertz CT molecular complexity index is 816. The van der Waals surface area contributed by atoms with Crippen molar-refractivity contribution in [3.05, 3.63) is 48.0 Å². The van der Waals surface area contributed by atoms with Crippen LogP contribution in [0, 0.1) is 5.92 Å². The van der Waals surface area contributed by atoms with E-state index in [4.69, 9.17) is 9.47 Å². The quantitative estimate of drug-likeness (QED) is 0.176. The van der Waals surface area contributed by atoms with Crippen LogP contribution in [0.25, 0.3) is 0 Å². The molecule has 2 rings (SSSR count). The summed E-state index contributed by atoms with van der Waals surface area (Å²) in [7, 11) is 0. The Morgan fingerprint density at radius 1 is 0.794 bits per heavy atom. The summed E-state index contributed by atoms with van der Waals surface area (Å²) in [6.07, 6.45) is 16.0. The van der Waals surface area contributed by atoms with Crippen LogP contribution < -0.4 is 9.47 Å². The zero-order valence-corrected chi connectivity index (χ0v) is 21.6. The van der Waals surface area contributed by atoms with Crippen molar-refractivity contribution in [2.45, 2.75) is 91.4 Å². The SMILES string of the molecule is CCCCCCCCCCCCOc1ccc(N=Cc2ccc(OC[C@@H](C)CC)cc2O)cc1. The van der Waals surface area contributed by atoms with E-state index in [9.17, 15) is 5.11 Å². The van der Waals surface area contributed by atoms with Gasteiger partial charge in [-0.05, 0) is 48.7 Å². The summed E-state index contributed by atoms with van der Waals surface area (Å²) in [5.41, 5.74) is 1.49. The maximum Gasteiger partial charge on any atom is 0.128 e. The Morgan fingerprint density at radius 3 is 2.03 bits per heavy atom. The smallest absolute Gasteiger partial charge is 0.128 e. The van der Waals surface area contributed by atoms with Crippen LogP contribution in [-0.2, 0) is 0 Å². The highest BCUT2D eigenvalue weighted by atomic mass is 16.5. The van der Waals surface area contributed by atoms with Gasteiger partial charge in [0.25, 0.3) is 0 Å². The number of hydrogen-bond donors (Lipinski definition) is 1. The first-order valence-electron chi connectivity index (χ1n) is 13.3. The van der Waals surface area contributed by atoms with E-state index in [0.29, 0.717) is 23.8 Å². The Kier molecular flexibility index (Phi) is 13.9. The molecule has 1 N–H and O–H groups in total. The van der Waals surface area contributed by atoms with Gasteiger partial charge in [0.2, 0.25) is 0 Å². The average molecular weight is 468 g/mol. The van der Waals surface area contributed by atoms with Crippen molar-refractivity contribution in [1.29, 1.82) is 0 Å². The molecule has 0 spiro atoms. The molecule has 0 fully saturated rings. The number of aromatic hydroxyl groups is 1. The molecule has 4 nitrogen and oxygen atoms in total. The molecule has 2 aromatic rings. The van der Waals surface area contributed by atoms with Crippen LogP contribution >= 0.6 is 0 Å². The zero-order valence-electron chi connectivity index (χ0n) is 21.6. The molecule has 0 saturated heterocycles. The number of benzene rings is 2. The van der Waals surface area contributed by atoms with Crippen molar-refractivity contribution in [1.82, 2.24) is 0 Å². The Morgan fingerprint density at radius 2 is 1.41 bits per heavy atom. The van der Waals surface area contributed by atoms with Gasteiger partial charge in [0.05, 0.1) is 18.9 Å². The molecule has 2 aromatic carbocycles. The van der Waals surface area contributed by atoms with Crippen LogP contribution in [0.1, 0.15) is 97.0 Å². The third-order valence-corrected chi connectivity index (χ3v) is 6.19. The number of phenols is 1. The molecule has 4 heteroatoms. The van der Waals surface area contributed by atoms with Crippen LogP contribution in [0.3, 0.4) is 0 Å². The summed E-state index contributed by atoms with van der Waals surface area (Å²) in [5, 5.41) is 10.3. The van der Waals surface area contributed by atoms with Gasteiger partial charge in [-0.1, -0.05) is 85.0 Å². The molecule has 0 aromatic heterocycles. The average Bonchev–Trinajstić information content (AvgIpc) is 2.86. The van der Waals surface area contributed by atoms with E-state index in [-0.39, 0.29) is 5.75 Å². The predicted octanol–water partition coefficient (Wildman–Crippen LogP) is 8.87. The third kappa shape index (κ3) is 11.6. The van der Waals surface area contributed by atoms with Crippen molar-refractivity contribution in [3.8, 4) is 17.2 Å². The van der Waals surface area contributed by atoms with Gasteiger partial charge in [-0.15, -0.1) is 0 Å². The molecule has 188 valence electrons. The summed E-state index contributed by atoms with van der Waals surface area (Å²) in [6, 6.07) is 13.1. The maximum absolute atomic E-state index is 10.3. The number of nitrogens with zero attached hydrogens (tertiary/aromatic N) is 1. The zero-order chi connectivity index (χ0) is 24.4. The highest BCUT2D eigenvalue weighted by molar-refractivity contribution is 5.85. The maximum atomic E-state index is 10.3. The molecule has 0 amide bonds. The number of hydrogen-bond acceptors (Lipinski definition) is 4. The molecule has 0 aliphatic carbocycles. The van der Waals surface area contributed by atoms with Crippen molar-refractivity contribution < 1.29 is 14.6 Å². The first-order valence-corrected chi connectivity index (χ1v) is 13.3. The molecular weight excluding hydrogens is 422 g/mol. The highest BCUT2D eigenvalue weighted by Gasteiger charge is 2.04. The van der Waals surface area contributed by atoms with E-state index in [1.807, 2.05) is 36.4 Å². The minimum absolute atomic E-state index is 0.168. The van der Waals surface area contributed by atoms with E-state index < -0.39 is 0 Å². The molecule has 0 unspecified atom stereocenters. The standard InChI is InChI=1S/C30H45NO3/c1-4-6-7-8-9-10-11-12-13-14-21-33-28-19-16-27(17-20-28)31-23-26-15-18-29(22-30(26)32)34-24-25(3)5-2/h15-20,22-23,25,32H,4-14,21,24H2,1-3H3/t25-/m0/s1. The fourth-order valence-corrected chi connectivity index (χ4v) is 3.63. The summed E-state index contributed by atoms with van der Waals surface area (Å²) >= 11 is 0. The minimum atomic E-state index is 0.168. The molecule has 0 heterocycles. The van der Waals surface area contributed by atoms with Crippen LogP contribution in [-0.4, -0.2) is 24.5 Å². The van der Waals surface area contributed by atoms with E-state index in [2.05, 4.69) is 25.8 Å². The molecule has 0 radical (unpaired) electrons. The topological polar surface area (TPSA) is 51.0 Å². The van der Waals surface area contributed by atoms with Crippen LogP contribution in [0.4, 0.5) is 5.69 Å². The predicted molar refractivity (Wildman–Crippen MR) is 144 cm³/mol. The van der Waals surface area contributed by atoms with E-state index in [0.717, 1.165) is 30.9 Å². The third-order valence-electron chi connectivity index (χ3n) is 6.19. The van der Waals surface area contributed by atoms with Crippen LogP contribution in [0.15, 0.2) is 47.5 Å². The monoisotopic (exact) mass is 467 g/mol. The van der Waals surface area contributed by atoms with Crippen LogP contribution in [0.2, 0.25) is 0 Å². The van der Waals surface area contributed by atoms with Gasteiger partial charge in [0, 0.05) is 17.8 Å². The largest absolute Gasteiger partial charge is 0.507 e. The fourth-order valence-electron chi connectivity index (χ4n) is 3.63. The van der Waals surface area contributed by atoms with Gasteiger partial charge in [-0.3, -0.25) is 4.99 Å². The van der Waals surface area contributed by atoms with Crippen molar-refractivity contribution >= 4 is 11.9 Å². The van der Waals surface area contributed by atoms with Crippen molar-refractivity contribution in [2.75, 3.05) is 13.2 Å². The minimum Gasteiger partial charge on any atom is -0.507 e. The molecule has 0 aliphatic heterocycles. The lowest BCUT2D eigenvalue weighted by atomic mass is 10.1. The molecule has 0 aliphatic rings. The van der Waals surface area contributed by atoms with E-state index >= 15 is 0 Å². The second kappa shape index (κ2) is 17.0. The summed E-state index contributed by atoms with van der Waals surface area (Å²) in [4.78, 5) is 4.48. The van der Waals surface area contributed by atoms with Crippen molar-refractivity contribution in [3.63, 3.8) is 0 Å². The lowest BCUT2D eigenvalue weighted by molar-refractivity contribution is 0.255. The second-order valence-corrected chi connectivity index (χ2v) is 9.33. The first-order chi connectivity index (χ1) is 16.6.